The molecule has 0 spiro atoms. The number of anilines is 1. The average molecular weight is 386 g/mol. The summed E-state index contributed by atoms with van der Waals surface area (Å²) in [5, 5.41) is 8.19. The molecule has 2 N–H and O–H groups in total. The van der Waals surface area contributed by atoms with Crippen molar-refractivity contribution < 1.29 is 0 Å². The van der Waals surface area contributed by atoms with Gasteiger partial charge in [-0.05, 0) is 48.5 Å². The Morgan fingerprint density at radius 3 is 2.61 bits per heavy atom. The molecule has 2 rings (SSSR count). The van der Waals surface area contributed by atoms with Crippen LogP contribution in [0, 0.1) is 6.92 Å². The molecule has 23 heavy (non-hydrogen) atoms. The van der Waals surface area contributed by atoms with Crippen LogP contribution >= 0.6 is 47.2 Å². The van der Waals surface area contributed by atoms with Gasteiger partial charge in [0.15, 0.2) is 5.11 Å². The summed E-state index contributed by atoms with van der Waals surface area (Å²) in [6.07, 6.45) is 1.80. The van der Waals surface area contributed by atoms with Crippen molar-refractivity contribution in [2.24, 2.45) is 0 Å². The van der Waals surface area contributed by atoms with Crippen LogP contribution in [0.5, 0.6) is 0 Å². The van der Waals surface area contributed by atoms with Crippen molar-refractivity contribution in [2.45, 2.75) is 12.7 Å². The highest BCUT2D eigenvalue weighted by Crippen LogP contribution is 2.27. The molecule has 0 amide bonds. The van der Waals surface area contributed by atoms with Gasteiger partial charge in [0.2, 0.25) is 0 Å². The Kier molecular flexibility index (Phi) is 7.43. The lowest BCUT2D eigenvalue weighted by Gasteiger charge is -2.10. The van der Waals surface area contributed by atoms with E-state index in [-0.39, 0.29) is 0 Å². The highest BCUT2D eigenvalue weighted by Gasteiger charge is 2.05. The second kappa shape index (κ2) is 9.33. The minimum Gasteiger partial charge on any atom is -0.362 e. The average Bonchev–Trinajstić information content (AvgIpc) is 2.52. The molecule has 1 heterocycles. The molecule has 7 heteroatoms. The number of aromatic nitrogens is 1. The van der Waals surface area contributed by atoms with Gasteiger partial charge in [-0.3, -0.25) is 0 Å². The molecule has 0 saturated heterocycles. The van der Waals surface area contributed by atoms with E-state index in [0.29, 0.717) is 15.2 Å². The van der Waals surface area contributed by atoms with Crippen LogP contribution in [-0.4, -0.2) is 22.4 Å². The second-order valence-electron chi connectivity index (χ2n) is 4.85. The van der Waals surface area contributed by atoms with Crippen molar-refractivity contribution >= 4 is 58.1 Å². The van der Waals surface area contributed by atoms with Gasteiger partial charge in [-0.25, -0.2) is 4.98 Å². The smallest absolute Gasteiger partial charge is 0.171 e. The molecule has 0 aliphatic heterocycles. The summed E-state index contributed by atoms with van der Waals surface area (Å²) >= 11 is 19.3. The fraction of sp³-hybridized carbons (Fsp3) is 0.250. The van der Waals surface area contributed by atoms with Crippen LogP contribution < -0.4 is 10.6 Å². The number of hydrogen-bond acceptors (Lipinski definition) is 3. The molecule has 122 valence electrons. The number of rotatable bonds is 6. The van der Waals surface area contributed by atoms with E-state index in [1.54, 1.807) is 18.0 Å². The van der Waals surface area contributed by atoms with E-state index < -0.39 is 0 Å². The number of halogens is 2. The maximum atomic E-state index is 6.14. The van der Waals surface area contributed by atoms with Gasteiger partial charge in [0.05, 0.1) is 0 Å². The first kappa shape index (κ1) is 18.3. The van der Waals surface area contributed by atoms with Crippen LogP contribution in [0.2, 0.25) is 10.0 Å². The molecule has 2 aromatic rings. The van der Waals surface area contributed by atoms with Crippen LogP contribution in [0.25, 0.3) is 0 Å². The highest BCUT2D eigenvalue weighted by molar-refractivity contribution is 7.98. The maximum absolute atomic E-state index is 6.14. The number of hydrogen-bond donors (Lipinski definition) is 2. The second-order valence-corrected chi connectivity index (χ2v) is 7.18. The Balaban J connectivity index is 1.67. The quantitative estimate of drug-likeness (QED) is 0.545. The van der Waals surface area contributed by atoms with Crippen molar-refractivity contribution in [3.8, 4) is 0 Å². The zero-order valence-corrected chi connectivity index (χ0v) is 15.7. The molecule has 0 aliphatic rings. The number of pyridine rings is 1. The topological polar surface area (TPSA) is 37.0 Å². The van der Waals surface area contributed by atoms with Crippen molar-refractivity contribution in [1.82, 2.24) is 10.3 Å². The van der Waals surface area contributed by atoms with E-state index in [2.05, 4.69) is 15.6 Å². The van der Waals surface area contributed by atoms with Crippen LogP contribution in [0.15, 0.2) is 36.5 Å². The zero-order valence-electron chi connectivity index (χ0n) is 12.6. The first-order valence-electron chi connectivity index (χ1n) is 7.04. The Bertz CT molecular complexity index is 643. The largest absolute Gasteiger partial charge is 0.362 e. The number of benzene rings is 1. The van der Waals surface area contributed by atoms with Crippen LogP contribution in [-0.2, 0) is 5.75 Å². The fourth-order valence-electron chi connectivity index (χ4n) is 1.78. The van der Waals surface area contributed by atoms with Gasteiger partial charge in [0, 0.05) is 34.3 Å². The van der Waals surface area contributed by atoms with Gasteiger partial charge in [0.1, 0.15) is 5.82 Å². The Labute approximate surface area is 156 Å². The summed E-state index contributed by atoms with van der Waals surface area (Å²) in [4.78, 5) is 4.25. The summed E-state index contributed by atoms with van der Waals surface area (Å²) in [5.41, 5.74) is 2.09. The SMILES string of the molecule is Cc1ccc(NC(=S)NCCSCc2c(Cl)cccc2Cl)nc1. The number of nitrogens with zero attached hydrogens (tertiary/aromatic N) is 1. The van der Waals surface area contributed by atoms with Gasteiger partial charge in [-0.1, -0.05) is 35.3 Å². The molecular formula is C16H17Cl2N3S2. The fourth-order valence-corrected chi connectivity index (χ4v) is 3.59. The molecule has 1 aromatic heterocycles. The predicted octanol–water partition coefficient (Wildman–Crippen LogP) is 4.92. The molecule has 3 nitrogen and oxygen atoms in total. The highest BCUT2D eigenvalue weighted by atomic mass is 35.5. The third-order valence-corrected chi connectivity index (χ3v) is 4.93. The Hall–Kier alpha value is -1.01. The van der Waals surface area contributed by atoms with Crippen LogP contribution in [0.4, 0.5) is 5.82 Å². The monoisotopic (exact) mass is 385 g/mol. The lowest BCUT2D eigenvalue weighted by atomic mass is 10.2. The Morgan fingerprint density at radius 1 is 1.22 bits per heavy atom. The molecule has 0 aliphatic carbocycles. The number of thioether (sulfide) groups is 1. The number of thiocarbonyl (C=S) groups is 1. The summed E-state index contributed by atoms with van der Waals surface area (Å²) in [6.45, 7) is 2.75. The van der Waals surface area contributed by atoms with E-state index in [9.17, 15) is 0 Å². The maximum Gasteiger partial charge on any atom is 0.171 e. The van der Waals surface area contributed by atoms with E-state index in [1.807, 2.05) is 37.3 Å². The normalized spacial score (nSPS) is 10.4. The lowest BCUT2D eigenvalue weighted by molar-refractivity contribution is 0.988. The van der Waals surface area contributed by atoms with Gasteiger partial charge >= 0.3 is 0 Å². The first-order chi connectivity index (χ1) is 11.1. The van der Waals surface area contributed by atoms with E-state index in [4.69, 9.17) is 35.4 Å². The first-order valence-corrected chi connectivity index (χ1v) is 9.36. The number of aryl methyl sites for hydroxylation is 1. The lowest BCUT2D eigenvalue weighted by Crippen LogP contribution is -2.30. The van der Waals surface area contributed by atoms with E-state index in [1.165, 1.54) is 0 Å². The van der Waals surface area contributed by atoms with E-state index in [0.717, 1.165) is 35.0 Å². The molecule has 0 radical (unpaired) electrons. The predicted molar refractivity (Wildman–Crippen MR) is 106 cm³/mol. The van der Waals surface area contributed by atoms with E-state index >= 15 is 0 Å². The zero-order chi connectivity index (χ0) is 16.7. The summed E-state index contributed by atoms with van der Waals surface area (Å²) in [5.74, 6) is 2.41. The van der Waals surface area contributed by atoms with Crippen molar-refractivity contribution in [1.29, 1.82) is 0 Å². The van der Waals surface area contributed by atoms with Gasteiger partial charge in [-0.2, -0.15) is 11.8 Å². The van der Waals surface area contributed by atoms with Crippen molar-refractivity contribution in [2.75, 3.05) is 17.6 Å². The van der Waals surface area contributed by atoms with Gasteiger partial charge in [0.25, 0.3) is 0 Å². The van der Waals surface area contributed by atoms with Gasteiger partial charge in [-0.15, -0.1) is 0 Å². The molecule has 0 bridgehead atoms. The van der Waals surface area contributed by atoms with Crippen molar-refractivity contribution in [3.05, 3.63) is 57.7 Å². The molecule has 0 fully saturated rings. The molecule has 1 aromatic carbocycles. The summed E-state index contributed by atoms with van der Waals surface area (Å²) in [7, 11) is 0. The minimum atomic E-state index is 0.567. The van der Waals surface area contributed by atoms with Crippen LogP contribution in [0.3, 0.4) is 0 Å². The number of nitrogens with one attached hydrogen (secondary N) is 2. The minimum absolute atomic E-state index is 0.567. The summed E-state index contributed by atoms with van der Waals surface area (Å²) in [6, 6.07) is 9.45. The molecule has 0 unspecified atom stereocenters. The standard InChI is InChI=1S/C16H17Cl2N3S2/c1-11-5-6-15(20-9-11)21-16(22)19-7-8-23-10-12-13(17)3-2-4-14(12)18/h2-6,9H,7-8,10H2,1H3,(H2,19,20,21,22). The van der Waals surface area contributed by atoms with Crippen LogP contribution in [0.1, 0.15) is 11.1 Å². The third kappa shape index (κ3) is 6.18. The molecular weight excluding hydrogens is 369 g/mol. The van der Waals surface area contributed by atoms with Gasteiger partial charge < -0.3 is 10.6 Å². The third-order valence-electron chi connectivity index (χ3n) is 2.99. The molecule has 0 saturated carbocycles. The van der Waals surface area contributed by atoms with Crippen molar-refractivity contribution in [3.63, 3.8) is 0 Å². The Morgan fingerprint density at radius 2 is 1.96 bits per heavy atom. The summed E-state index contributed by atoms with van der Waals surface area (Å²) < 4.78 is 0. The molecule has 0 atom stereocenters.